The van der Waals surface area contributed by atoms with Gasteiger partial charge in [0.05, 0.1) is 18.1 Å². The summed E-state index contributed by atoms with van der Waals surface area (Å²) in [5.74, 6) is -1.51. The van der Waals surface area contributed by atoms with Gasteiger partial charge in [-0.2, -0.15) is 4.31 Å². The Morgan fingerprint density at radius 2 is 1.61 bits per heavy atom. The molecule has 2 aromatic rings. The maximum atomic E-state index is 13.6. The van der Waals surface area contributed by atoms with E-state index in [0.717, 1.165) is 14.1 Å². The van der Waals surface area contributed by atoms with Gasteiger partial charge >= 0.3 is 5.97 Å². The van der Waals surface area contributed by atoms with Crippen molar-refractivity contribution in [2.75, 3.05) is 39.4 Å². The Balaban J connectivity index is 1.82. The minimum absolute atomic E-state index is 0.102. The molecule has 1 saturated heterocycles. The molecule has 1 aliphatic heterocycles. The summed E-state index contributed by atoms with van der Waals surface area (Å²) >= 11 is 1.55. The predicted molar refractivity (Wildman–Crippen MR) is 129 cm³/mol. The van der Waals surface area contributed by atoms with E-state index in [0.29, 0.717) is 32.8 Å². The van der Waals surface area contributed by atoms with Gasteiger partial charge in [0.25, 0.3) is 0 Å². The predicted octanol–water partition coefficient (Wildman–Crippen LogP) is 3.58. The molecule has 1 aliphatic rings. The minimum Gasteiger partial charge on any atom is -0.480 e. The average Bonchev–Trinajstić information content (AvgIpc) is 2.78. The number of hydrogen-bond acceptors (Lipinski definition) is 6. The Kier molecular flexibility index (Phi) is 8.95. The van der Waals surface area contributed by atoms with Gasteiger partial charge in [0, 0.05) is 36.0 Å². The van der Waals surface area contributed by atoms with Gasteiger partial charge in [-0.1, -0.05) is 43.3 Å². The van der Waals surface area contributed by atoms with Crippen LogP contribution in [0.15, 0.2) is 63.2 Å². The van der Waals surface area contributed by atoms with E-state index in [1.54, 1.807) is 49.9 Å². The van der Waals surface area contributed by atoms with Gasteiger partial charge in [0.1, 0.15) is 6.04 Å². The van der Waals surface area contributed by atoms with Crippen LogP contribution in [0.2, 0.25) is 0 Å². The third-order valence-corrected chi connectivity index (χ3v) is 8.53. The zero-order valence-corrected chi connectivity index (χ0v) is 20.9. The van der Waals surface area contributed by atoms with Crippen molar-refractivity contribution in [3.63, 3.8) is 0 Å². The highest BCUT2D eigenvalue weighted by molar-refractivity contribution is 7.99. The smallest absolute Gasteiger partial charge is 0.322 e. The summed E-state index contributed by atoms with van der Waals surface area (Å²) in [6, 6.07) is 13.6. The first-order valence-corrected chi connectivity index (χ1v) is 13.3. The van der Waals surface area contributed by atoms with E-state index >= 15 is 0 Å². The van der Waals surface area contributed by atoms with E-state index in [9.17, 15) is 18.3 Å². The first kappa shape index (κ1) is 25.7. The number of carbonyl (C=O) groups is 1. The Hall–Kier alpha value is -1.91. The van der Waals surface area contributed by atoms with Crippen LogP contribution in [-0.2, 0) is 19.6 Å². The lowest BCUT2D eigenvalue weighted by Gasteiger charge is -2.33. The fraction of sp³-hybridized carbons (Fsp3) is 0.458. The van der Waals surface area contributed by atoms with Gasteiger partial charge in [-0.25, -0.2) is 8.42 Å². The van der Waals surface area contributed by atoms with Crippen molar-refractivity contribution in [2.24, 2.45) is 5.92 Å². The fourth-order valence-corrected chi connectivity index (χ4v) is 6.29. The lowest BCUT2D eigenvalue weighted by Crippen LogP contribution is -2.51. The van der Waals surface area contributed by atoms with Crippen molar-refractivity contribution < 1.29 is 23.1 Å². The van der Waals surface area contributed by atoms with E-state index in [1.807, 2.05) is 31.2 Å². The molecule has 33 heavy (non-hydrogen) atoms. The normalized spacial score (nSPS) is 16.3. The summed E-state index contributed by atoms with van der Waals surface area (Å²) in [5.41, 5.74) is 1.18. The second-order valence-corrected chi connectivity index (χ2v) is 11.5. The summed E-state index contributed by atoms with van der Waals surface area (Å²) in [4.78, 5) is 16.2. The molecule has 0 saturated carbocycles. The number of carboxylic acid groups (broad SMARTS) is 1. The molecule has 0 bridgehead atoms. The topological polar surface area (TPSA) is 87.2 Å². The lowest BCUT2D eigenvalue weighted by molar-refractivity contribution is -0.143. The largest absolute Gasteiger partial charge is 0.480 e. The fourth-order valence-electron chi connectivity index (χ4n) is 3.77. The molecular weight excluding hydrogens is 460 g/mol. The molecule has 9 heteroatoms. The molecule has 180 valence electrons. The van der Waals surface area contributed by atoms with Crippen LogP contribution in [0.1, 0.15) is 19.4 Å². The average molecular weight is 493 g/mol. The molecule has 1 heterocycles. The molecule has 1 atom stereocenters. The molecule has 2 aromatic carbocycles. The van der Waals surface area contributed by atoms with Crippen molar-refractivity contribution in [2.45, 2.75) is 41.5 Å². The standard InChI is InChI=1S/C24H32N2O5S2/c1-18(2)23(24(27)28)26(13-12-25-14-16-31-17-15-25)33(29,30)22-10-8-21(9-11-22)32-20-6-4-19(3)5-7-20/h4-11,18,23H,12-17H2,1-3H3,(H,27,28)/t23-/m1/s1. The number of hydrogen-bond donors (Lipinski definition) is 1. The zero-order chi connectivity index (χ0) is 24.0. The quantitative estimate of drug-likeness (QED) is 0.542. The van der Waals surface area contributed by atoms with Gasteiger partial charge in [-0.3, -0.25) is 9.69 Å². The molecule has 0 aliphatic carbocycles. The monoisotopic (exact) mass is 492 g/mol. The second kappa shape index (κ2) is 11.5. The van der Waals surface area contributed by atoms with Crippen LogP contribution < -0.4 is 0 Å². The number of morpholine rings is 1. The summed E-state index contributed by atoms with van der Waals surface area (Å²) in [6.45, 7) is 8.67. The van der Waals surface area contributed by atoms with Crippen LogP contribution in [0.3, 0.4) is 0 Å². The number of rotatable bonds is 10. The summed E-state index contributed by atoms with van der Waals surface area (Å²) in [7, 11) is -4.00. The van der Waals surface area contributed by atoms with E-state index in [1.165, 1.54) is 5.56 Å². The highest BCUT2D eigenvalue weighted by Crippen LogP contribution is 2.30. The molecule has 1 N–H and O–H groups in total. The minimum atomic E-state index is -4.00. The first-order chi connectivity index (χ1) is 15.7. The van der Waals surface area contributed by atoms with Gasteiger partial charge in [0.2, 0.25) is 10.0 Å². The number of aliphatic carboxylic acids is 1. The van der Waals surface area contributed by atoms with Crippen molar-refractivity contribution in [1.29, 1.82) is 0 Å². The highest BCUT2D eigenvalue weighted by Gasteiger charge is 2.38. The van der Waals surface area contributed by atoms with Gasteiger partial charge in [-0.05, 0) is 49.2 Å². The third kappa shape index (κ3) is 6.80. The Bertz CT molecular complexity index is 1020. The van der Waals surface area contributed by atoms with E-state index < -0.39 is 22.0 Å². The number of sulfonamides is 1. The van der Waals surface area contributed by atoms with Crippen LogP contribution >= 0.6 is 11.8 Å². The van der Waals surface area contributed by atoms with Crippen molar-refractivity contribution >= 4 is 27.8 Å². The number of benzene rings is 2. The third-order valence-electron chi connectivity index (χ3n) is 5.62. The SMILES string of the molecule is Cc1ccc(Sc2ccc(S(=O)(=O)N(CCN3CCOCC3)[C@@H](C(=O)O)C(C)C)cc2)cc1. The molecule has 0 unspecified atom stereocenters. The molecule has 0 amide bonds. The summed E-state index contributed by atoms with van der Waals surface area (Å²) in [5, 5.41) is 9.85. The van der Waals surface area contributed by atoms with Crippen LogP contribution in [0.5, 0.6) is 0 Å². The number of carboxylic acids is 1. The molecule has 1 fully saturated rings. The maximum absolute atomic E-state index is 13.6. The van der Waals surface area contributed by atoms with Crippen LogP contribution in [0.4, 0.5) is 0 Å². The molecular formula is C24H32N2O5S2. The molecule has 7 nitrogen and oxygen atoms in total. The number of ether oxygens (including phenoxy) is 1. The maximum Gasteiger partial charge on any atom is 0.322 e. The first-order valence-electron chi connectivity index (χ1n) is 11.1. The number of aryl methyl sites for hydroxylation is 1. The van der Waals surface area contributed by atoms with Crippen molar-refractivity contribution in [1.82, 2.24) is 9.21 Å². The van der Waals surface area contributed by atoms with E-state index in [4.69, 9.17) is 4.74 Å². The van der Waals surface area contributed by atoms with Crippen LogP contribution in [-0.4, -0.2) is 74.1 Å². The van der Waals surface area contributed by atoms with Crippen LogP contribution in [0.25, 0.3) is 0 Å². The van der Waals surface area contributed by atoms with Gasteiger partial charge < -0.3 is 9.84 Å². The molecule has 3 rings (SSSR count). The summed E-state index contributed by atoms with van der Waals surface area (Å²) in [6.07, 6.45) is 0. The molecule has 0 radical (unpaired) electrons. The molecule has 0 aromatic heterocycles. The number of nitrogens with zero attached hydrogens (tertiary/aromatic N) is 2. The Labute approximate surface area is 200 Å². The zero-order valence-electron chi connectivity index (χ0n) is 19.3. The van der Waals surface area contributed by atoms with Crippen molar-refractivity contribution in [3.05, 3.63) is 54.1 Å². The van der Waals surface area contributed by atoms with Gasteiger partial charge in [-0.15, -0.1) is 0 Å². The van der Waals surface area contributed by atoms with E-state index in [2.05, 4.69) is 4.90 Å². The summed E-state index contributed by atoms with van der Waals surface area (Å²) < 4.78 is 33.7. The Morgan fingerprint density at radius 3 is 2.12 bits per heavy atom. The highest BCUT2D eigenvalue weighted by atomic mass is 32.2. The van der Waals surface area contributed by atoms with Crippen molar-refractivity contribution in [3.8, 4) is 0 Å². The lowest BCUT2D eigenvalue weighted by atomic mass is 10.0. The van der Waals surface area contributed by atoms with Gasteiger partial charge in [0.15, 0.2) is 0 Å². The second-order valence-electron chi connectivity index (χ2n) is 8.48. The van der Waals surface area contributed by atoms with Crippen LogP contribution in [0, 0.1) is 12.8 Å². The van der Waals surface area contributed by atoms with E-state index in [-0.39, 0.29) is 17.4 Å². The molecule has 0 spiro atoms. The Morgan fingerprint density at radius 1 is 1.06 bits per heavy atom.